The van der Waals surface area contributed by atoms with Gasteiger partial charge in [-0.2, -0.15) is 0 Å². The van der Waals surface area contributed by atoms with Gasteiger partial charge in [0.1, 0.15) is 11.4 Å². The van der Waals surface area contributed by atoms with Crippen molar-refractivity contribution in [1.82, 2.24) is 20.1 Å². The average Bonchev–Trinajstić information content (AvgIpc) is 3.09. The molecule has 1 saturated heterocycles. The van der Waals surface area contributed by atoms with E-state index in [-0.39, 0.29) is 17.4 Å². The van der Waals surface area contributed by atoms with Crippen LogP contribution in [-0.4, -0.2) is 61.7 Å². The molecule has 1 fully saturated rings. The number of benzene rings is 1. The molecule has 2 heterocycles. The lowest BCUT2D eigenvalue weighted by Crippen LogP contribution is -2.53. The molecular weight excluding hydrogens is 416 g/mol. The van der Waals surface area contributed by atoms with Crippen LogP contribution in [0.15, 0.2) is 24.3 Å². The summed E-state index contributed by atoms with van der Waals surface area (Å²) in [5, 5.41) is 5.83. The van der Waals surface area contributed by atoms with Crippen LogP contribution in [0.3, 0.4) is 0 Å². The number of carbonyl (C=O) groups is 2. The van der Waals surface area contributed by atoms with Crippen LogP contribution in [0, 0.1) is 12.8 Å². The molecule has 0 radical (unpaired) electrons. The second kappa shape index (κ2) is 9.21. The number of methoxy groups -OCH3 is 1. The molecule has 0 saturated carbocycles. The van der Waals surface area contributed by atoms with E-state index < -0.39 is 0 Å². The van der Waals surface area contributed by atoms with Gasteiger partial charge in [-0.3, -0.25) is 9.36 Å². The van der Waals surface area contributed by atoms with Gasteiger partial charge in [0.25, 0.3) is 5.91 Å². The number of amides is 2. The van der Waals surface area contributed by atoms with Gasteiger partial charge in [-0.05, 0) is 88.4 Å². The predicted molar refractivity (Wildman–Crippen MR) is 129 cm³/mol. The maximum atomic E-state index is 13.2. The van der Waals surface area contributed by atoms with Crippen molar-refractivity contribution in [1.29, 1.82) is 0 Å². The summed E-state index contributed by atoms with van der Waals surface area (Å²) in [6.07, 6.45) is 2.61. The molecule has 4 rings (SSSR count). The number of carbonyl (C=O) groups excluding carboxylic acids is 2. The molecule has 1 aromatic heterocycles. The Kier molecular flexibility index (Phi) is 6.52. The van der Waals surface area contributed by atoms with Crippen LogP contribution in [0.5, 0.6) is 5.75 Å². The highest BCUT2D eigenvalue weighted by Crippen LogP contribution is 2.49. The van der Waals surface area contributed by atoms with Crippen molar-refractivity contribution >= 4 is 11.9 Å². The molecule has 0 spiro atoms. The van der Waals surface area contributed by atoms with Crippen LogP contribution in [0.4, 0.5) is 4.79 Å². The Morgan fingerprint density at radius 1 is 1.21 bits per heavy atom. The van der Waals surface area contributed by atoms with Crippen LogP contribution >= 0.6 is 0 Å². The fourth-order valence-electron chi connectivity index (χ4n) is 5.91. The van der Waals surface area contributed by atoms with Crippen molar-refractivity contribution in [3.8, 4) is 5.75 Å². The Hall–Kier alpha value is -2.80. The molecular formula is C26H36N4O3. The highest BCUT2D eigenvalue weighted by Gasteiger charge is 2.49. The number of hydrogen-bond donors (Lipinski definition) is 2. The lowest BCUT2D eigenvalue weighted by Gasteiger charge is -2.50. The summed E-state index contributed by atoms with van der Waals surface area (Å²) in [6, 6.07) is 8.22. The maximum absolute atomic E-state index is 13.2. The molecule has 1 aliphatic heterocycles. The number of fused-ring (bicyclic) bond motifs is 2. The molecule has 7 heteroatoms. The normalized spacial score (nSPS) is 22.3. The van der Waals surface area contributed by atoms with Crippen LogP contribution in [-0.2, 0) is 18.3 Å². The van der Waals surface area contributed by atoms with Crippen LogP contribution < -0.4 is 15.4 Å². The molecule has 2 aromatic rings. The molecule has 0 bridgehead atoms. The van der Waals surface area contributed by atoms with Gasteiger partial charge in [0.2, 0.25) is 0 Å². The van der Waals surface area contributed by atoms with Crippen molar-refractivity contribution in [2.75, 3.05) is 40.3 Å². The molecule has 2 aliphatic rings. The number of piperidine rings is 1. The summed E-state index contributed by atoms with van der Waals surface area (Å²) in [7, 11) is 3.87. The summed E-state index contributed by atoms with van der Waals surface area (Å²) in [5.41, 5.74) is 4.76. The van der Waals surface area contributed by atoms with Gasteiger partial charge in [-0.1, -0.05) is 12.1 Å². The van der Waals surface area contributed by atoms with E-state index in [1.54, 1.807) is 11.7 Å². The molecule has 1 aromatic carbocycles. The second-order valence-electron chi connectivity index (χ2n) is 9.41. The Balaban J connectivity index is 1.89. The van der Waals surface area contributed by atoms with Crippen molar-refractivity contribution < 1.29 is 14.3 Å². The molecule has 1 aliphatic carbocycles. The highest BCUT2D eigenvalue weighted by molar-refractivity contribution is 5.99. The third kappa shape index (κ3) is 3.92. The minimum Gasteiger partial charge on any atom is -0.497 e. The zero-order chi connectivity index (χ0) is 23.8. The monoisotopic (exact) mass is 452 g/mol. The third-order valence-electron chi connectivity index (χ3n) is 7.56. The van der Waals surface area contributed by atoms with Gasteiger partial charge in [0.05, 0.1) is 7.11 Å². The molecule has 2 amide bonds. The molecule has 178 valence electrons. The van der Waals surface area contributed by atoms with E-state index in [0.717, 1.165) is 54.9 Å². The van der Waals surface area contributed by atoms with E-state index in [2.05, 4.69) is 40.8 Å². The predicted octanol–water partition coefficient (Wildman–Crippen LogP) is 3.12. The molecule has 7 nitrogen and oxygen atoms in total. The largest absolute Gasteiger partial charge is 0.497 e. The Morgan fingerprint density at radius 3 is 2.67 bits per heavy atom. The summed E-state index contributed by atoms with van der Waals surface area (Å²) < 4.78 is 7.21. The standard InChI is InChI=1S/C26H36N4O3/c1-6-27-24(31)23-17(3)21-15-26(18-9-8-10-20(13-18)33-5)11-12-29(4)16-19(26)14-22(21)30(23)25(32)28-7-2/h8-10,13,19H,6-7,11-12,14-16H2,1-5H3,(H,27,31)(H,28,32)/t19-,26+/m1/s1. The van der Waals surface area contributed by atoms with Gasteiger partial charge < -0.3 is 20.3 Å². The quantitative estimate of drug-likeness (QED) is 0.731. The van der Waals surface area contributed by atoms with Crippen molar-refractivity contribution in [2.24, 2.45) is 5.92 Å². The fraction of sp³-hybridized carbons (Fsp3) is 0.538. The first-order valence-electron chi connectivity index (χ1n) is 12.0. The smallest absolute Gasteiger partial charge is 0.326 e. The number of rotatable bonds is 5. The Morgan fingerprint density at radius 2 is 1.97 bits per heavy atom. The van der Waals surface area contributed by atoms with E-state index >= 15 is 0 Å². The number of aromatic nitrogens is 1. The third-order valence-corrected chi connectivity index (χ3v) is 7.56. The van der Waals surface area contributed by atoms with Gasteiger partial charge in [0.15, 0.2) is 0 Å². The van der Waals surface area contributed by atoms with Crippen molar-refractivity contribution in [3.05, 3.63) is 52.3 Å². The van der Waals surface area contributed by atoms with Gasteiger partial charge >= 0.3 is 6.03 Å². The highest BCUT2D eigenvalue weighted by atomic mass is 16.5. The van der Waals surface area contributed by atoms with E-state index in [4.69, 9.17) is 4.74 Å². The zero-order valence-electron chi connectivity index (χ0n) is 20.5. The SMILES string of the molecule is CCNC(=O)c1c(C)c2c(n1C(=O)NCC)C[C@@H]1CN(C)CC[C@@]1(c1cccc(OC)c1)C2. The fourth-order valence-corrected chi connectivity index (χ4v) is 5.91. The zero-order valence-corrected chi connectivity index (χ0v) is 20.5. The first-order chi connectivity index (χ1) is 15.9. The summed E-state index contributed by atoms with van der Waals surface area (Å²) in [5.74, 6) is 1.01. The molecule has 2 atom stereocenters. The van der Waals surface area contributed by atoms with E-state index in [1.165, 1.54) is 5.56 Å². The van der Waals surface area contributed by atoms with Gasteiger partial charge in [-0.15, -0.1) is 0 Å². The minimum atomic E-state index is -0.221. The van der Waals surface area contributed by atoms with Crippen LogP contribution in [0.1, 0.15) is 53.1 Å². The average molecular weight is 453 g/mol. The number of ether oxygens (including phenoxy) is 1. The van der Waals surface area contributed by atoms with E-state index in [0.29, 0.717) is 24.7 Å². The molecule has 0 unspecified atom stereocenters. The minimum absolute atomic E-state index is 0.0509. The van der Waals surface area contributed by atoms with Crippen molar-refractivity contribution in [2.45, 2.75) is 45.4 Å². The van der Waals surface area contributed by atoms with Gasteiger partial charge in [0, 0.05) is 30.7 Å². The van der Waals surface area contributed by atoms with Crippen LogP contribution in [0.25, 0.3) is 0 Å². The lowest BCUT2D eigenvalue weighted by atomic mass is 9.58. The number of hydrogen-bond acceptors (Lipinski definition) is 4. The van der Waals surface area contributed by atoms with Crippen molar-refractivity contribution in [3.63, 3.8) is 0 Å². The lowest BCUT2D eigenvalue weighted by molar-refractivity contribution is 0.0944. The summed E-state index contributed by atoms with van der Waals surface area (Å²) in [6.45, 7) is 8.79. The van der Waals surface area contributed by atoms with E-state index in [1.807, 2.05) is 26.8 Å². The topological polar surface area (TPSA) is 75.6 Å². The first kappa shape index (κ1) is 23.4. The molecule has 2 N–H and O–H groups in total. The van der Waals surface area contributed by atoms with E-state index in [9.17, 15) is 9.59 Å². The second-order valence-corrected chi connectivity index (χ2v) is 9.41. The first-order valence-corrected chi connectivity index (χ1v) is 12.0. The Bertz CT molecular complexity index is 1060. The van der Waals surface area contributed by atoms with Gasteiger partial charge in [-0.25, -0.2) is 4.79 Å². The maximum Gasteiger partial charge on any atom is 0.326 e. The number of likely N-dealkylation sites (tertiary alicyclic amines) is 1. The molecule has 33 heavy (non-hydrogen) atoms. The number of nitrogens with one attached hydrogen (secondary N) is 2. The summed E-state index contributed by atoms with van der Waals surface area (Å²) >= 11 is 0. The summed E-state index contributed by atoms with van der Waals surface area (Å²) in [4.78, 5) is 28.6. The van der Waals surface area contributed by atoms with Crippen LogP contribution in [0.2, 0.25) is 0 Å². The Labute approximate surface area is 196 Å². The number of nitrogens with zero attached hydrogens (tertiary/aromatic N) is 2.